The van der Waals surface area contributed by atoms with Gasteiger partial charge < -0.3 is 15.2 Å². The summed E-state index contributed by atoms with van der Waals surface area (Å²) in [6.45, 7) is 4.62. The maximum Gasteiger partial charge on any atom is 0.343 e. The second-order valence-corrected chi connectivity index (χ2v) is 6.30. The van der Waals surface area contributed by atoms with Gasteiger partial charge in [0.2, 0.25) is 5.78 Å². The van der Waals surface area contributed by atoms with Crippen molar-refractivity contribution < 1.29 is 24.4 Å². The van der Waals surface area contributed by atoms with Crippen molar-refractivity contribution in [1.29, 1.82) is 0 Å². The van der Waals surface area contributed by atoms with Gasteiger partial charge >= 0.3 is 5.97 Å². The van der Waals surface area contributed by atoms with Gasteiger partial charge in [0.1, 0.15) is 5.57 Å². The van der Waals surface area contributed by atoms with Gasteiger partial charge in [0.15, 0.2) is 0 Å². The molecule has 0 heterocycles. The highest BCUT2D eigenvalue weighted by Crippen LogP contribution is 2.27. The van der Waals surface area contributed by atoms with E-state index < -0.39 is 16.7 Å². The molecule has 0 saturated carbocycles. The predicted octanol–water partition coefficient (Wildman–Crippen LogP) is 2.11. The van der Waals surface area contributed by atoms with Crippen LogP contribution in [-0.2, 0) is 9.53 Å². The third kappa shape index (κ3) is 5.23. The number of ketones is 1. The maximum absolute atomic E-state index is 12.9. The Kier molecular flexibility index (Phi) is 7.97. The first-order chi connectivity index (χ1) is 11.7. The molecule has 1 rings (SSSR count). The van der Waals surface area contributed by atoms with E-state index in [4.69, 9.17) is 9.84 Å². The molecule has 0 atom stereocenters. The molecule has 0 unspecified atom stereocenters. The van der Waals surface area contributed by atoms with E-state index in [0.29, 0.717) is 3.57 Å². The molecule has 0 aliphatic rings. The van der Waals surface area contributed by atoms with Crippen LogP contribution in [0.4, 0.5) is 5.69 Å². The Morgan fingerprint density at radius 1 is 1.40 bits per heavy atom. The summed E-state index contributed by atoms with van der Waals surface area (Å²) in [7, 11) is 0. The second kappa shape index (κ2) is 9.47. The van der Waals surface area contributed by atoms with Gasteiger partial charge in [-0.1, -0.05) is 0 Å². The molecule has 0 spiro atoms. The Morgan fingerprint density at radius 3 is 2.56 bits per heavy atom. The summed E-state index contributed by atoms with van der Waals surface area (Å²) in [4.78, 5) is 35.8. The number of Topliss-reactive ketones (excluding diaryl/α,β-unsaturated/α-hetero) is 1. The number of carbonyl (C=O) groups excluding carboxylic acids is 2. The molecule has 0 bridgehead atoms. The van der Waals surface area contributed by atoms with Crippen molar-refractivity contribution in [3.05, 3.63) is 48.2 Å². The summed E-state index contributed by atoms with van der Waals surface area (Å²) in [5.41, 5.74) is 0.0338. The van der Waals surface area contributed by atoms with Crippen LogP contribution >= 0.6 is 22.6 Å². The summed E-state index contributed by atoms with van der Waals surface area (Å²) in [6.07, 6.45) is 0. The quantitative estimate of drug-likeness (QED) is 0.0888. The van der Waals surface area contributed by atoms with E-state index in [1.807, 2.05) is 22.6 Å². The minimum Gasteiger partial charge on any atom is -0.462 e. The number of carbonyl (C=O) groups is 2. The van der Waals surface area contributed by atoms with Gasteiger partial charge in [0, 0.05) is 33.0 Å². The molecule has 25 heavy (non-hydrogen) atoms. The number of allylic oxidation sites excluding steroid dienone is 1. The fraction of sp³-hybridized carbons (Fsp3) is 0.375. The molecule has 136 valence electrons. The van der Waals surface area contributed by atoms with E-state index in [-0.39, 0.29) is 47.8 Å². The van der Waals surface area contributed by atoms with Crippen LogP contribution in [0.3, 0.4) is 0 Å². The van der Waals surface area contributed by atoms with Crippen molar-refractivity contribution >= 4 is 40.0 Å². The Hall–Kier alpha value is -2.01. The molecule has 1 aromatic carbocycles. The molecule has 1 aromatic rings. The zero-order chi connectivity index (χ0) is 19.1. The Bertz CT molecular complexity index is 730. The van der Waals surface area contributed by atoms with Gasteiger partial charge in [0.05, 0.1) is 18.1 Å². The fourth-order valence-corrected chi connectivity index (χ4v) is 2.78. The normalized spacial score (nSPS) is 11.6. The lowest BCUT2D eigenvalue weighted by molar-refractivity contribution is -0.385. The third-order valence-electron chi connectivity index (χ3n) is 3.37. The lowest BCUT2D eigenvalue weighted by Gasteiger charge is -2.13. The number of nitro groups is 1. The number of aliphatic hydroxyl groups is 1. The number of nitrogens with one attached hydrogen (secondary N) is 1. The molecular formula is C16H19IN2O6. The molecule has 0 amide bonds. The zero-order valence-corrected chi connectivity index (χ0v) is 16.2. The third-order valence-corrected chi connectivity index (χ3v) is 3.99. The van der Waals surface area contributed by atoms with Crippen LogP contribution in [0.2, 0.25) is 0 Å². The summed E-state index contributed by atoms with van der Waals surface area (Å²) in [5.74, 6) is -1.49. The highest BCUT2D eigenvalue weighted by atomic mass is 127. The van der Waals surface area contributed by atoms with Gasteiger partial charge in [-0.05, 0) is 49.4 Å². The molecule has 9 heteroatoms. The lowest BCUT2D eigenvalue weighted by atomic mass is 9.96. The number of nitrogens with zero attached hydrogens (tertiary/aromatic N) is 1. The van der Waals surface area contributed by atoms with Crippen molar-refractivity contribution in [3.8, 4) is 0 Å². The summed E-state index contributed by atoms with van der Waals surface area (Å²) >= 11 is 1.87. The average Bonchev–Trinajstić information content (AvgIpc) is 2.54. The number of hydrogen-bond donors (Lipinski definition) is 2. The van der Waals surface area contributed by atoms with Gasteiger partial charge in [0.25, 0.3) is 5.69 Å². The smallest absolute Gasteiger partial charge is 0.343 e. The van der Waals surface area contributed by atoms with Crippen LogP contribution in [0.15, 0.2) is 23.4 Å². The summed E-state index contributed by atoms with van der Waals surface area (Å²) in [5, 5.41) is 22.9. The Labute approximate surface area is 158 Å². The molecule has 8 nitrogen and oxygen atoms in total. The fourth-order valence-electron chi connectivity index (χ4n) is 2.18. The van der Waals surface area contributed by atoms with Crippen LogP contribution in [0, 0.1) is 20.6 Å². The average molecular weight is 462 g/mol. The van der Waals surface area contributed by atoms with Crippen LogP contribution in [0.5, 0.6) is 0 Å². The number of rotatable bonds is 8. The van der Waals surface area contributed by atoms with Crippen molar-refractivity contribution in [3.63, 3.8) is 0 Å². The van der Waals surface area contributed by atoms with E-state index >= 15 is 0 Å². The lowest BCUT2D eigenvalue weighted by Crippen LogP contribution is -2.25. The molecule has 0 saturated heterocycles. The number of ether oxygens (including phenoxy) is 1. The van der Waals surface area contributed by atoms with Crippen molar-refractivity contribution in [2.75, 3.05) is 19.8 Å². The number of nitro benzene ring substituents is 1. The minimum atomic E-state index is -0.823. The maximum atomic E-state index is 12.9. The van der Waals surface area contributed by atoms with Crippen molar-refractivity contribution in [2.45, 2.75) is 20.8 Å². The molecule has 0 fully saturated rings. The molecule has 0 radical (unpaired) electrons. The number of halogens is 1. The van der Waals surface area contributed by atoms with Crippen molar-refractivity contribution in [2.24, 2.45) is 0 Å². The first-order valence-corrected chi connectivity index (χ1v) is 8.54. The van der Waals surface area contributed by atoms with E-state index in [2.05, 4.69) is 5.32 Å². The van der Waals surface area contributed by atoms with E-state index in [1.54, 1.807) is 6.92 Å². The number of aliphatic hydroxyl groups excluding tert-OH is 1. The van der Waals surface area contributed by atoms with Gasteiger partial charge in [-0.3, -0.25) is 14.9 Å². The summed E-state index contributed by atoms with van der Waals surface area (Å²) < 4.78 is 5.44. The largest absolute Gasteiger partial charge is 0.462 e. The highest BCUT2D eigenvalue weighted by molar-refractivity contribution is 14.1. The standard InChI is InChI=1S/C16H19IN2O6/c1-4-25-16(22)14(10(3)18-5-6-20)15(21)12-7-11(17)8-13(9(12)2)19(23)24/h7-8,18,20H,4-6H2,1-3H3/b14-10-. The van der Waals surface area contributed by atoms with Crippen molar-refractivity contribution in [1.82, 2.24) is 5.32 Å². The SMILES string of the molecule is CCOC(=O)/C(C(=O)c1cc(I)cc([N+](=O)[O-])c1C)=C(/C)NCCO. The van der Waals surface area contributed by atoms with Crippen LogP contribution in [0.25, 0.3) is 0 Å². The van der Waals surface area contributed by atoms with Crippen LogP contribution in [0.1, 0.15) is 29.8 Å². The van der Waals surface area contributed by atoms with Crippen LogP contribution in [-0.4, -0.2) is 41.5 Å². The van der Waals surface area contributed by atoms with Gasteiger partial charge in [-0.25, -0.2) is 4.79 Å². The molecule has 0 aliphatic carbocycles. The van der Waals surface area contributed by atoms with E-state index in [1.165, 1.54) is 26.0 Å². The number of hydrogen-bond acceptors (Lipinski definition) is 7. The first kappa shape index (κ1) is 21.0. The topological polar surface area (TPSA) is 119 Å². The monoisotopic (exact) mass is 462 g/mol. The van der Waals surface area contributed by atoms with E-state index in [0.717, 1.165) is 0 Å². The predicted molar refractivity (Wildman–Crippen MR) is 99.3 cm³/mol. The Morgan fingerprint density at radius 2 is 2.04 bits per heavy atom. The van der Waals surface area contributed by atoms with E-state index in [9.17, 15) is 19.7 Å². The molecule has 0 aromatic heterocycles. The Balaban J connectivity index is 3.49. The molecule has 2 N–H and O–H groups in total. The van der Waals surface area contributed by atoms with Gasteiger partial charge in [-0.2, -0.15) is 0 Å². The number of esters is 1. The first-order valence-electron chi connectivity index (χ1n) is 7.46. The van der Waals surface area contributed by atoms with Gasteiger partial charge in [-0.15, -0.1) is 0 Å². The number of benzene rings is 1. The molecular weight excluding hydrogens is 443 g/mol. The second-order valence-electron chi connectivity index (χ2n) is 5.05. The summed E-state index contributed by atoms with van der Waals surface area (Å²) in [6, 6.07) is 2.85. The molecule has 0 aliphatic heterocycles. The highest BCUT2D eigenvalue weighted by Gasteiger charge is 2.28. The van der Waals surface area contributed by atoms with Crippen LogP contribution < -0.4 is 5.32 Å². The zero-order valence-electron chi connectivity index (χ0n) is 14.1. The minimum absolute atomic E-state index is 0.0619.